The summed E-state index contributed by atoms with van der Waals surface area (Å²) in [7, 11) is 0. The summed E-state index contributed by atoms with van der Waals surface area (Å²) in [5.74, 6) is -0.00120. The molecular weight excluding hydrogens is 228 g/mol. The van der Waals surface area contributed by atoms with E-state index >= 15 is 0 Å². The first-order valence-electron chi connectivity index (χ1n) is 4.54. The predicted molar refractivity (Wildman–Crippen MR) is 63.9 cm³/mol. The number of hydrogen-bond acceptors (Lipinski definition) is 2. The van der Waals surface area contributed by atoms with Gasteiger partial charge >= 0.3 is 0 Å². The van der Waals surface area contributed by atoms with E-state index in [-0.39, 0.29) is 5.78 Å². The normalized spacial score (nSPS) is 10.3. The van der Waals surface area contributed by atoms with Gasteiger partial charge in [0, 0.05) is 10.4 Å². The third-order valence-electron chi connectivity index (χ3n) is 2.08. The maximum atomic E-state index is 12.0. The first kappa shape index (κ1) is 10.4. The highest BCUT2D eigenvalue weighted by Crippen LogP contribution is 2.23. The van der Waals surface area contributed by atoms with Gasteiger partial charge in [-0.2, -0.15) is 0 Å². The molecule has 0 unspecified atom stereocenters. The highest BCUT2D eigenvalue weighted by atomic mass is 35.5. The van der Waals surface area contributed by atoms with Crippen molar-refractivity contribution in [1.29, 1.82) is 0 Å². The Balaban J connectivity index is 2.41. The molecule has 0 radical (unpaired) electrons. The number of halogens is 1. The number of rotatable bonds is 2. The van der Waals surface area contributed by atoms with Crippen LogP contribution in [0.4, 0.5) is 0 Å². The molecule has 0 atom stereocenters. The molecule has 15 heavy (non-hydrogen) atoms. The van der Waals surface area contributed by atoms with Crippen molar-refractivity contribution >= 4 is 28.7 Å². The fourth-order valence-corrected chi connectivity index (χ4v) is 2.38. The first-order chi connectivity index (χ1) is 7.18. The Morgan fingerprint density at radius 2 is 1.93 bits per heavy atom. The maximum absolute atomic E-state index is 12.0. The fourth-order valence-electron chi connectivity index (χ4n) is 1.33. The van der Waals surface area contributed by atoms with E-state index < -0.39 is 0 Å². The lowest BCUT2D eigenvalue weighted by molar-refractivity contribution is 0.104. The van der Waals surface area contributed by atoms with Crippen molar-refractivity contribution in [3.8, 4) is 0 Å². The summed E-state index contributed by atoms with van der Waals surface area (Å²) in [6, 6.07) is 10.9. The Morgan fingerprint density at radius 1 is 1.20 bits per heavy atom. The summed E-state index contributed by atoms with van der Waals surface area (Å²) < 4.78 is 0. The lowest BCUT2D eigenvalue weighted by atomic mass is 10.1. The number of aryl methyl sites for hydroxylation is 1. The zero-order chi connectivity index (χ0) is 10.8. The summed E-state index contributed by atoms with van der Waals surface area (Å²) in [5.41, 5.74) is 0.570. The van der Waals surface area contributed by atoms with E-state index in [1.165, 1.54) is 11.3 Å². The van der Waals surface area contributed by atoms with E-state index in [1.807, 2.05) is 31.2 Å². The predicted octanol–water partition coefficient (Wildman–Crippen LogP) is 3.94. The Hall–Kier alpha value is -1.12. The fraction of sp³-hybridized carbons (Fsp3) is 0.0833. The van der Waals surface area contributed by atoms with Crippen molar-refractivity contribution in [2.24, 2.45) is 0 Å². The van der Waals surface area contributed by atoms with Crippen LogP contribution in [0.2, 0.25) is 5.02 Å². The molecule has 0 aliphatic carbocycles. The molecule has 1 heterocycles. The lowest BCUT2D eigenvalue weighted by Gasteiger charge is -1.99. The van der Waals surface area contributed by atoms with Gasteiger partial charge in [-0.3, -0.25) is 4.79 Å². The van der Waals surface area contributed by atoms with Gasteiger partial charge in [-0.1, -0.05) is 23.7 Å². The van der Waals surface area contributed by atoms with Gasteiger partial charge in [-0.15, -0.1) is 11.3 Å². The Bertz CT molecular complexity index is 502. The molecule has 1 aromatic carbocycles. The monoisotopic (exact) mass is 236 g/mol. The summed E-state index contributed by atoms with van der Waals surface area (Å²) in [4.78, 5) is 13.9. The van der Waals surface area contributed by atoms with E-state index in [1.54, 1.807) is 12.1 Å². The number of carbonyl (C=O) groups is 1. The minimum atomic E-state index is -0.00120. The second-order valence-electron chi connectivity index (χ2n) is 3.22. The third-order valence-corrected chi connectivity index (χ3v) is 3.41. The van der Waals surface area contributed by atoms with Gasteiger partial charge < -0.3 is 0 Å². The van der Waals surface area contributed by atoms with Gasteiger partial charge in [0.1, 0.15) is 0 Å². The molecule has 0 saturated carbocycles. The second kappa shape index (κ2) is 4.17. The minimum absolute atomic E-state index is 0.00120. The highest BCUT2D eigenvalue weighted by molar-refractivity contribution is 7.14. The standard InChI is InChI=1S/C12H9ClOS/c1-8-6-7-11(15-8)12(14)9-4-2-3-5-10(9)13/h2-7H,1H3. The molecule has 0 aliphatic rings. The molecule has 0 N–H and O–H groups in total. The quantitative estimate of drug-likeness (QED) is 0.722. The SMILES string of the molecule is Cc1ccc(C(=O)c2ccccc2Cl)s1. The molecule has 76 valence electrons. The molecule has 0 saturated heterocycles. The third kappa shape index (κ3) is 2.11. The Kier molecular flexibility index (Phi) is 2.89. The molecule has 0 spiro atoms. The number of carbonyl (C=O) groups excluding carboxylic acids is 1. The smallest absolute Gasteiger partial charge is 0.204 e. The summed E-state index contributed by atoms with van der Waals surface area (Å²) >= 11 is 7.45. The van der Waals surface area contributed by atoms with Crippen LogP contribution in [0.25, 0.3) is 0 Å². The van der Waals surface area contributed by atoms with Gasteiger partial charge in [0.05, 0.1) is 9.90 Å². The van der Waals surface area contributed by atoms with E-state index in [4.69, 9.17) is 11.6 Å². The van der Waals surface area contributed by atoms with E-state index in [2.05, 4.69) is 0 Å². The van der Waals surface area contributed by atoms with Gasteiger partial charge in [-0.05, 0) is 31.2 Å². The molecular formula is C12H9ClOS. The van der Waals surface area contributed by atoms with E-state index in [9.17, 15) is 4.79 Å². The van der Waals surface area contributed by atoms with Crippen molar-refractivity contribution < 1.29 is 4.79 Å². The van der Waals surface area contributed by atoms with Crippen molar-refractivity contribution in [2.45, 2.75) is 6.92 Å². The van der Waals surface area contributed by atoms with Crippen LogP contribution in [0.1, 0.15) is 20.1 Å². The average molecular weight is 237 g/mol. The molecule has 1 aromatic heterocycles. The van der Waals surface area contributed by atoms with Crippen molar-refractivity contribution in [1.82, 2.24) is 0 Å². The topological polar surface area (TPSA) is 17.1 Å². The molecule has 2 rings (SSSR count). The molecule has 3 heteroatoms. The van der Waals surface area contributed by atoms with Crippen LogP contribution >= 0.6 is 22.9 Å². The molecule has 0 fully saturated rings. The van der Waals surface area contributed by atoms with E-state index in [0.717, 1.165) is 9.75 Å². The average Bonchev–Trinajstić information content (AvgIpc) is 2.65. The molecule has 0 amide bonds. The Labute approximate surface area is 97.3 Å². The van der Waals surface area contributed by atoms with Crippen LogP contribution < -0.4 is 0 Å². The minimum Gasteiger partial charge on any atom is -0.288 e. The van der Waals surface area contributed by atoms with Crippen LogP contribution in [-0.2, 0) is 0 Å². The highest BCUT2D eigenvalue weighted by Gasteiger charge is 2.13. The van der Waals surface area contributed by atoms with Crippen LogP contribution in [0.5, 0.6) is 0 Å². The van der Waals surface area contributed by atoms with Crippen LogP contribution in [0.3, 0.4) is 0 Å². The van der Waals surface area contributed by atoms with Crippen LogP contribution in [-0.4, -0.2) is 5.78 Å². The number of hydrogen-bond donors (Lipinski definition) is 0. The van der Waals surface area contributed by atoms with Crippen molar-refractivity contribution in [3.05, 3.63) is 56.7 Å². The summed E-state index contributed by atoms with van der Waals surface area (Å²) in [6.45, 7) is 1.98. The molecule has 2 aromatic rings. The summed E-state index contributed by atoms with van der Waals surface area (Å²) in [5, 5.41) is 0.508. The summed E-state index contributed by atoms with van der Waals surface area (Å²) in [6.07, 6.45) is 0. The van der Waals surface area contributed by atoms with E-state index in [0.29, 0.717) is 10.6 Å². The van der Waals surface area contributed by atoms with Gasteiger partial charge in [0.15, 0.2) is 0 Å². The van der Waals surface area contributed by atoms with Crippen molar-refractivity contribution in [2.75, 3.05) is 0 Å². The number of thiophene rings is 1. The largest absolute Gasteiger partial charge is 0.288 e. The number of benzene rings is 1. The first-order valence-corrected chi connectivity index (χ1v) is 5.73. The maximum Gasteiger partial charge on any atom is 0.204 e. The zero-order valence-electron chi connectivity index (χ0n) is 8.16. The van der Waals surface area contributed by atoms with Crippen LogP contribution in [0.15, 0.2) is 36.4 Å². The lowest BCUT2D eigenvalue weighted by Crippen LogP contribution is -1.98. The van der Waals surface area contributed by atoms with Gasteiger partial charge in [-0.25, -0.2) is 0 Å². The molecule has 1 nitrogen and oxygen atoms in total. The Morgan fingerprint density at radius 3 is 2.53 bits per heavy atom. The number of ketones is 1. The van der Waals surface area contributed by atoms with Crippen molar-refractivity contribution in [3.63, 3.8) is 0 Å². The molecule has 0 bridgehead atoms. The van der Waals surface area contributed by atoms with Gasteiger partial charge in [0.2, 0.25) is 5.78 Å². The second-order valence-corrected chi connectivity index (χ2v) is 4.91. The molecule has 0 aliphatic heterocycles. The zero-order valence-corrected chi connectivity index (χ0v) is 9.73. The van der Waals surface area contributed by atoms with Gasteiger partial charge in [0.25, 0.3) is 0 Å². The van der Waals surface area contributed by atoms with Crippen LogP contribution in [0, 0.1) is 6.92 Å².